The van der Waals surface area contributed by atoms with Gasteiger partial charge in [0.05, 0.1) is 0 Å². The van der Waals surface area contributed by atoms with Crippen LogP contribution in [0, 0.1) is 5.82 Å². The summed E-state index contributed by atoms with van der Waals surface area (Å²) in [6, 6.07) is 15.1. The molecule has 3 rings (SSSR count). The second-order valence-corrected chi connectivity index (χ2v) is 6.43. The summed E-state index contributed by atoms with van der Waals surface area (Å²) >= 11 is 3.37. The molecule has 1 N–H and O–H groups in total. The number of amides is 1. The number of ether oxygens (including phenoxy) is 1. The SMILES string of the molecule is CCC(Oc1ccccc1F)C(=O)Nc1cc(-c2ccc(Br)cc2)no1. The molecule has 1 aromatic heterocycles. The molecule has 0 saturated heterocycles. The van der Waals surface area contributed by atoms with E-state index in [1.807, 2.05) is 24.3 Å². The minimum Gasteiger partial charge on any atom is -0.478 e. The fraction of sp³-hybridized carbons (Fsp3) is 0.158. The molecular formula is C19H16BrFN2O3. The van der Waals surface area contributed by atoms with Crippen molar-refractivity contribution in [1.82, 2.24) is 5.16 Å². The van der Waals surface area contributed by atoms with E-state index in [0.29, 0.717) is 12.1 Å². The fourth-order valence-electron chi connectivity index (χ4n) is 2.31. The molecule has 0 aliphatic heterocycles. The van der Waals surface area contributed by atoms with Crippen LogP contribution in [0.1, 0.15) is 13.3 Å². The molecule has 0 bridgehead atoms. The number of carbonyl (C=O) groups is 1. The maximum atomic E-state index is 13.7. The van der Waals surface area contributed by atoms with Crippen molar-refractivity contribution in [3.63, 3.8) is 0 Å². The van der Waals surface area contributed by atoms with Crippen molar-refractivity contribution in [3.8, 4) is 17.0 Å². The number of para-hydroxylation sites is 1. The Bertz CT molecular complexity index is 896. The minimum absolute atomic E-state index is 0.0302. The summed E-state index contributed by atoms with van der Waals surface area (Å²) in [6.45, 7) is 1.78. The quantitative estimate of drug-likeness (QED) is 0.608. The van der Waals surface area contributed by atoms with E-state index in [0.717, 1.165) is 10.0 Å². The average molecular weight is 419 g/mol. The summed E-state index contributed by atoms with van der Waals surface area (Å²) in [5, 5.41) is 6.56. The molecule has 7 heteroatoms. The molecular weight excluding hydrogens is 403 g/mol. The minimum atomic E-state index is -0.854. The maximum Gasteiger partial charge on any atom is 0.267 e. The number of nitrogens with one attached hydrogen (secondary N) is 1. The van der Waals surface area contributed by atoms with Crippen LogP contribution in [0.4, 0.5) is 10.3 Å². The summed E-state index contributed by atoms with van der Waals surface area (Å²) in [6.07, 6.45) is -0.485. The van der Waals surface area contributed by atoms with Crippen LogP contribution < -0.4 is 10.1 Å². The van der Waals surface area contributed by atoms with Crippen molar-refractivity contribution in [1.29, 1.82) is 0 Å². The third-order valence-corrected chi connectivity index (χ3v) is 4.19. The van der Waals surface area contributed by atoms with Crippen molar-refractivity contribution >= 4 is 27.7 Å². The number of rotatable bonds is 6. The van der Waals surface area contributed by atoms with E-state index in [4.69, 9.17) is 9.26 Å². The Balaban J connectivity index is 1.68. The summed E-state index contributed by atoms with van der Waals surface area (Å²) in [4.78, 5) is 12.4. The summed E-state index contributed by atoms with van der Waals surface area (Å²) in [5.74, 6) is -0.726. The largest absolute Gasteiger partial charge is 0.478 e. The van der Waals surface area contributed by atoms with Gasteiger partial charge >= 0.3 is 0 Å². The molecule has 0 aliphatic rings. The van der Waals surface area contributed by atoms with Gasteiger partial charge in [-0.3, -0.25) is 10.1 Å². The van der Waals surface area contributed by atoms with Crippen LogP contribution in [0.2, 0.25) is 0 Å². The van der Waals surface area contributed by atoms with Crippen LogP contribution in [0.5, 0.6) is 5.75 Å². The molecule has 0 fully saturated rings. The van der Waals surface area contributed by atoms with Crippen LogP contribution >= 0.6 is 15.9 Å². The number of halogens is 2. The zero-order chi connectivity index (χ0) is 18.5. The second-order valence-electron chi connectivity index (χ2n) is 5.52. The molecule has 134 valence electrons. The standard InChI is InChI=1S/C19H16BrFN2O3/c1-2-16(25-17-6-4-3-5-14(17)21)19(24)22-18-11-15(23-26-18)12-7-9-13(20)10-8-12/h3-11,16H,2H2,1H3,(H,22,24). The zero-order valence-corrected chi connectivity index (χ0v) is 15.5. The van der Waals surface area contributed by atoms with Crippen LogP contribution in [-0.2, 0) is 4.79 Å². The van der Waals surface area contributed by atoms with Crippen molar-refractivity contribution in [3.05, 3.63) is 64.9 Å². The van der Waals surface area contributed by atoms with Crippen molar-refractivity contribution < 1.29 is 18.4 Å². The summed E-state index contributed by atoms with van der Waals surface area (Å²) in [7, 11) is 0. The molecule has 2 aromatic carbocycles. The van der Waals surface area contributed by atoms with E-state index < -0.39 is 17.8 Å². The highest BCUT2D eigenvalue weighted by atomic mass is 79.9. The van der Waals surface area contributed by atoms with Gasteiger partial charge in [-0.2, -0.15) is 0 Å². The third kappa shape index (κ3) is 4.29. The average Bonchev–Trinajstić information content (AvgIpc) is 3.10. The molecule has 1 heterocycles. The lowest BCUT2D eigenvalue weighted by Gasteiger charge is -2.16. The van der Waals surface area contributed by atoms with E-state index in [1.54, 1.807) is 25.1 Å². The number of anilines is 1. The number of hydrogen-bond donors (Lipinski definition) is 1. The van der Waals surface area contributed by atoms with Gasteiger partial charge in [-0.15, -0.1) is 0 Å². The lowest BCUT2D eigenvalue weighted by Crippen LogP contribution is -2.32. The number of carbonyl (C=O) groups excluding carboxylic acids is 1. The van der Waals surface area contributed by atoms with Gasteiger partial charge in [-0.1, -0.05) is 52.3 Å². The highest BCUT2D eigenvalue weighted by Crippen LogP contribution is 2.24. The van der Waals surface area contributed by atoms with E-state index in [2.05, 4.69) is 26.4 Å². The number of benzene rings is 2. The Hall–Kier alpha value is -2.67. The lowest BCUT2D eigenvalue weighted by atomic mass is 10.1. The molecule has 1 atom stereocenters. The van der Waals surface area contributed by atoms with Gasteiger partial charge in [-0.05, 0) is 30.7 Å². The van der Waals surface area contributed by atoms with Gasteiger partial charge in [-0.25, -0.2) is 4.39 Å². The molecule has 0 radical (unpaired) electrons. The predicted octanol–water partition coefficient (Wildman–Crippen LogP) is 5.04. The van der Waals surface area contributed by atoms with Crippen LogP contribution in [0.15, 0.2) is 63.6 Å². The molecule has 1 amide bonds. The van der Waals surface area contributed by atoms with E-state index >= 15 is 0 Å². The van der Waals surface area contributed by atoms with Gasteiger partial charge in [0.25, 0.3) is 5.91 Å². The monoisotopic (exact) mass is 418 g/mol. The first kappa shape index (κ1) is 18.1. The van der Waals surface area contributed by atoms with Crippen molar-refractivity contribution in [2.45, 2.75) is 19.4 Å². The summed E-state index contributed by atoms with van der Waals surface area (Å²) in [5.41, 5.74) is 1.45. The van der Waals surface area contributed by atoms with Gasteiger partial charge in [0.1, 0.15) is 5.69 Å². The van der Waals surface area contributed by atoms with Gasteiger partial charge in [0, 0.05) is 16.1 Å². The lowest BCUT2D eigenvalue weighted by molar-refractivity contribution is -0.123. The molecule has 5 nitrogen and oxygen atoms in total. The van der Waals surface area contributed by atoms with Crippen molar-refractivity contribution in [2.24, 2.45) is 0 Å². The van der Waals surface area contributed by atoms with E-state index in [-0.39, 0.29) is 11.6 Å². The molecule has 1 unspecified atom stereocenters. The van der Waals surface area contributed by atoms with Gasteiger partial charge in [0.15, 0.2) is 17.7 Å². The Morgan fingerprint density at radius 1 is 1.27 bits per heavy atom. The Kier molecular flexibility index (Phi) is 5.68. The fourth-order valence-corrected chi connectivity index (χ4v) is 2.57. The second kappa shape index (κ2) is 8.14. The zero-order valence-electron chi connectivity index (χ0n) is 13.9. The topological polar surface area (TPSA) is 64.4 Å². The van der Waals surface area contributed by atoms with Crippen molar-refractivity contribution in [2.75, 3.05) is 5.32 Å². The highest BCUT2D eigenvalue weighted by Gasteiger charge is 2.21. The normalized spacial score (nSPS) is 11.8. The molecule has 26 heavy (non-hydrogen) atoms. The third-order valence-electron chi connectivity index (χ3n) is 3.67. The number of hydrogen-bond acceptors (Lipinski definition) is 4. The first-order chi connectivity index (χ1) is 12.6. The van der Waals surface area contributed by atoms with Gasteiger partial charge < -0.3 is 9.26 Å². The first-order valence-electron chi connectivity index (χ1n) is 8.01. The molecule has 0 saturated carbocycles. The Morgan fingerprint density at radius 2 is 2.00 bits per heavy atom. The van der Waals surface area contributed by atoms with Crippen LogP contribution in [0.25, 0.3) is 11.3 Å². The maximum absolute atomic E-state index is 13.7. The van der Waals surface area contributed by atoms with Crippen LogP contribution in [0.3, 0.4) is 0 Å². The molecule has 0 aliphatic carbocycles. The Morgan fingerprint density at radius 3 is 2.69 bits per heavy atom. The van der Waals surface area contributed by atoms with E-state index in [9.17, 15) is 9.18 Å². The molecule has 3 aromatic rings. The predicted molar refractivity (Wildman–Crippen MR) is 99.4 cm³/mol. The number of nitrogens with zero attached hydrogens (tertiary/aromatic N) is 1. The number of aromatic nitrogens is 1. The molecule has 0 spiro atoms. The van der Waals surface area contributed by atoms with E-state index in [1.165, 1.54) is 12.1 Å². The van der Waals surface area contributed by atoms with Gasteiger partial charge in [0.2, 0.25) is 5.88 Å². The first-order valence-corrected chi connectivity index (χ1v) is 8.81. The highest BCUT2D eigenvalue weighted by molar-refractivity contribution is 9.10. The van der Waals surface area contributed by atoms with Crippen LogP contribution in [-0.4, -0.2) is 17.2 Å². The smallest absolute Gasteiger partial charge is 0.267 e. The Labute approximate surface area is 158 Å². The summed E-state index contributed by atoms with van der Waals surface area (Å²) < 4.78 is 25.3.